The van der Waals surface area contributed by atoms with Gasteiger partial charge in [-0.05, 0) is 25.5 Å². The third kappa shape index (κ3) is 3.24. The number of ether oxygens (including phenoxy) is 1. The van der Waals surface area contributed by atoms with E-state index in [1.54, 1.807) is 12.1 Å². The average molecular weight is 273 g/mol. The molecule has 2 atom stereocenters. The third-order valence-corrected chi connectivity index (χ3v) is 3.31. The summed E-state index contributed by atoms with van der Waals surface area (Å²) in [6, 6.07) is 14.2. The molecule has 2 rings (SSSR count). The van der Waals surface area contributed by atoms with E-state index >= 15 is 0 Å². The summed E-state index contributed by atoms with van der Waals surface area (Å²) in [5, 5.41) is 0. The molecule has 106 valence electrons. The highest BCUT2D eigenvalue weighted by Gasteiger charge is 2.24. The largest absolute Gasteiger partial charge is 0.372 e. The Balaban J connectivity index is 2.36. The Kier molecular flexibility index (Phi) is 4.88. The smallest absolute Gasteiger partial charge is 0.128 e. The fraction of sp³-hybridized carbons (Fsp3) is 0.294. The summed E-state index contributed by atoms with van der Waals surface area (Å²) in [5.41, 5.74) is 8.70. The monoisotopic (exact) mass is 273 g/mol. The molecule has 2 nitrogen and oxygen atoms in total. The van der Waals surface area contributed by atoms with Gasteiger partial charge in [0, 0.05) is 12.2 Å². The molecule has 0 spiro atoms. The molecule has 2 N–H and O–H groups in total. The first-order chi connectivity index (χ1) is 9.63. The molecule has 0 saturated carbocycles. The maximum atomic E-state index is 14.0. The fourth-order valence-electron chi connectivity index (χ4n) is 2.31. The Morgan fingerprint density at radius 2 is 1.85 bits per heavy atom. The van der Waals surface area contributed by atoms with E-state index in [1.165, 1.54) is 6.07 Å². The minimum absolute atomic E-state index is 0.288. The van der Waals surface area contributed by atoms with E-state index in [4.69, 9.17) is 10.5 Å². The normalized spacial score (nSPS) is 14.0. The van der Waals surface area contributed by atoms with Crippen LogP contribution in [0.25, 0.3) is 0 Å². The van der Waals surface area contributed by atoms with Crippen molar-refractivity contribution >= 4 is 0 Å². The maximum absolute atomic E-state index is 14.0. The molecular formula is C17H20FNO. The van der Waals surface area contributed by atoms with Crippen LogP contribution >= 0.6 is 0 Å². The molecule has 0 saturated heterocycles. The van der Waals surface area contributed by atoms with Crippen LogP contribution in [0.5, 0.6) is 0 Å². The molecule has 0 amide bonds. The van der Waals surface area contributed by atoms with Crippen LogP contribution in [0.3, 0.4) is 0 Å². The van der Waals surface area contributed by atoms with Crippen molar-refractivity contribution in [2.45, 2.75) is 26.0 Å². The zero-order valence-corrected chi connectivity index (χ0v) is 11.8. The number of benzene rings is 2. The zero-order valence-electron chi connectivity index (χ0n) is 11.8. The SMILES string of the molecule is CCOC(c1ccccc1)C(N)c1cc(C)ccc1F. The van der Waals surface area contributed by atoms with Crippen molar-refractivity contribution in [1.82, 2.24) is 0 Å². The Labute approximate surface area is 119 Å². The van der Waals surface area contributed by atoms with Crippen LogP contribution in [0.2, 0.25) is 0 Å². The molecule has 0 aliphatic rings. The molecule has 0 bridgehead atoms. The summed E-state index contributed by atoms with van der Waals surface area (Å²) in [5.74, 6) is -0.288. The van der Waals surface area contributed by atoms with E-state index < -0.39 is 6.04 Å². The standard InChI is InChI=1S/C17H20FNO/c1-3-20-17(13-7-5-4-6-8-13)16(19)14-11-12(2)9-10-15(14)18/h4-11,16-17H,3,19H2,1-2H3. The van der Waals surface area contributed by atoms with Crippen LogP contribution < -0.4 is 5.73 Å². The van der Waals surface area contributed by atoms with E-state index in [1.807, 2.05) is 44.2 Å². The summed E-state index contributed by atoms with van der Waals surface area (Å²) in [6.07, 6.45) is -0.350. The molecule has 3 heteroatoms. The second-order valence-corrected chi connectivity index (χ2v) is 4.84. The van der Waals surface area contributed by atoms with E-state index in [0.717, 1.165) is 11.1 Å². The van der Waals surface area contributed by atoms with Crippen LogP contribution in [-0.4, -0.2) is 6.61 Å². The summed E-state index contributed by atoms with van der Waals surface area (Å²) in [4.78, 5) is 0. The molecule has 2 aromatic carbocycles. The number of hydrogen-bond acceptors (Lipinski definition) is 2. The number of halogens is 1. The number of nitrogens with two attached hydrogens (primary N) is 1. The fourth-order valence-corrected chi connectivity index (χ4v) is 2.31. The van der Waals surface area contributed by atoms with Crippen LogP contribution in [0.4, 0.5) is 4.39 Å². The summed E-state index contributed by atoms with van der Waals surface area (Å²) in [7, 11) is 0. The summed E-state index contributed by atoms with van der Waals surface area (Å²) < 4.78 is 19.7. The van der Waals surface area contributed by atoms with Crippen LogP contribution in [0.15, 0.2) is 48.5 Å². The Morgan fingerprint density at radius 3 is 2.50 bits per heavy atom. The van der Waals surface area contributed by atoms with Gasteiger partial charge in [-0.25, -0.2) is 4.39 Å². The van der Waals surface area contributed by atoms with Gasteiger partial charge in [-0.2, -0.15) is 0 Å². The van der Waals surface area contributed by atoms with Crippen molar-refractivity contribution in [3.05, 3.63) is 71.0 Å². The highest BCUT2D eigenvalue weighted by atomic mass is 19.1. The lowest BCUT2D eigenvalue weighted by Crippen LogP contribution is -2.23. The number of hydrogen-bond donors (Lipinski definition) is 1. The van der Waals surface area contributed by atoms with Gasteiger partial charge >= 0.3 is 0 Å². The quantitative estimate of drug-likeness (QED) is 0.896. The maximum Gasteiger partial charge on any atom is 0.128 e. The van der Waals surface area contributed by atoms with Gasteiger partial charge in [-0.1, -0.05) is 48.0 Å². The van der Waals surface area contributed by atoms with E-state index in [2.05, 4.69) is 0 Å². The minimum Gasteiger partial charge on any atom is -0.372 e. The number of rotatable bonds is 5. The van der Waals surface area contributed by atoms with Crippen molar-refractivity contribution in [2.24, 2.45) is 5.73 Å². The lowest BCUT2D eigenvalue weighted by molar-refractivity contribution is 0.0421. The third-order valence-electron chi connectivity index (χ3n) is 3.31. The van der Waals surface area contributed by atoms with Gasteiger partial charge < -0.3 is 10.5 Å². The highest BCUT2D eigenvalue weighted by molar-refractivity contribution is 5.30. The van der Waals surface area contributed by atoms with E-state index in [-0.39, 0.29) is 11.9 Å². The minimum atomic E-state index is -0.530. The molecule has 0 aliphatic carbocycles. The molecule has 0 aromatic heterocycles. The van der Waals surface area contributed by atoms with Crippen molar-refractivity contribution in [3.63, 3.8) is 0 Å². The van der Waals surface area contributed by atoms with Gasteiger partial charge in [-0.15, -0.1) is 0 Å². The summed E-state index contributed by atoms with van der Waals surface area (Å²) in [6.45, 7) is 4.36. The molecular weight excluding hydrogens is 253 g/mol. The number of aryl methyl sites for hydroxylation is 1. The van der Waals surface area contributed by atoms with Crippen LogP contribution in [-0.2, 0) is 4.74 Å². The predicted octanol–water partition coefficient (Wildman–Crippen LogP) is 3.91. The second kappa shape index (κ2) is 6.64. The molecule has 2 unspecified atom stereocenters. The van der Waals surface area contributed by atoms with Gasteiger partial charge in [0.2, 0.25) is 0 Å². The second-order valence-electron chi connectivity index (χ2n) is 4.84. The Hall–Kier alpha value is -1.71. The molecule has 0 aliphatic heterocycles. The Bertz CT molecular complexity index is 556. The van der Waals surface area contributed by atoms with Gasteiger partial charge in [-0.3, -0.25) is 0 Å². The van der Waals surface area contributed by atoms with Crippen LogP contribution in [0.1, 0.15) is 35.8 Å². The van der Waals surface area contributed by atoms with Gasteiger partial charge in [0.1, 0.15) is 11.9 Å². The first-order valence-corrected chi connectivity index (χ1v) is 6.81. The first-order valence-electron chi connectivity index (χ1n) is 6.81. The first kappa shape index (κ1) is 14.7. The van der Waals surface area contributed by atoms with Crippen molar-refractivity contribution in [1.29, 1.82) is 0 Å². The topological polar surface area (TPSA) is 35.2 Å². The molecule has 20 heavy (non-hydrogen) atoms. The zero-order chi connectivity index (χ0) is 14.5. The van der Waals surface area contributed by atoms with Crippen molar-refractivity contribution in [3.8, 4) is 0 Å². The predicted molar refractivity (Wildman–Crippen MR) is 78.9 cm³/mol. The summed E-state index contributed by atoms with van der Waals surface area (Å²) >= 11 is 0. The van der Waals surface area contributed by atoms with Crippen molar-refractivity contribution < 1.29 is 9.13 Å². The lowest BCUT2D eigenvalue weighted by atomic mass is 9.95. The lowest BCUT2D eigenvalue weighted by Gasteiger charge is -2.25. The van der Waals surface area contributed by atoms with Crippen molar-refractivity contribution in [2.75, 3.05) is 6.61 Å². The average Bonchev–Trinajstić information content (AvgIpc) is 2.47. The van der Waals surface area contributed by atoms with Gasteiger partial charge in [0.15, 0.2) is 0 Å². The molecule has 0 heterocycles. The molecule has 0 radical (unpaired) electrons. The highest BCUT2D eigenvalue weighted by Crippen LogP contribution is 2.31. The van der Waals surface area contributed by atoms with Gasteiger partial charge in [0.05, 0.1) is 6.04 Å². The molecule has 2 aromatic rings. The Morgan fingerprint density at radius 1 is 1.15 bits per heavy atom. The van der Waals surface area contributed by atoms with E-state index in [0.29, 0.717) is 12.2 Å². The van der Waals surface area contributed by atoms with Gasteiger partial charge in [0.25, 0.3) is 0 Å². The van der Waals surface area contributed by atoms with Crippen LogP contribution in [0, 0.1) is 12.7 Å². The molecule has 0 fully saturated rings. The van der Waals surface area contributed by atoms with E-state index in [9.17, 15) is 4.39 Å².